The first-order valence-electron chi connectivity index (χ1n) is 5.26. The van der Waals surface area contributed by atoms with Crippen molar-refractivity contribution in [3.05, 3.63) is 0 Å². The molecule has 0 aromatic heterocycles. The molecule has 1 unspecified atom stereocenters. The molecule has 0 spiro atoms. The van der Waals surface area contributed by atoms with Gasteiger partial charge in [-0.3, -0.25) is 4.90 Å². The maximum Gasteiger partial charge on any atom is 0.0619 e. The van der Waals surface area contributed by atoms with Gasteiger partial charge >= 0.3 is 0 Å². The molecule has 2 heterocycles. The third kappa shape index (κ3) is 1.93. The second-order valence-electron chi connectivity index (χ2n) is 4.55. The minimum atomic E-state index is 0.00556. The molecule has 2 aliphatic rings. The fraction of sp³-hybridized carbons (Fsp3) is 1.00. The van der Waals surface area contributed by atoms with Gasteiger partial charge in [0.1, 0.15) is 0 Å². The average Bonchev–Trinajstić information content (AvgIpc) is 2.14. The van der Waals surface area contributed by atoms with Crippen molar-refractivity contribution in [3.63, 3.8) is 0 Å². The molecule has 14 heavy (non-hydrogen) atoms. The standard InChI is InChI=1S/C10H19NO3/c1-9-4-13-3-2-11(9)5-10(6-12)7-14-8-10/h9,12H,2-8H2,1H3. The minimum absolute atomic E-state index is 0.00556. The van der Waals surface area contributed by atoms with Crippen molar-refractivity contribution in [2.24, 2.45) is 5.41 Å². The van der Waals surface area contributed by atoms with Gasteiger partial charge in [-0.25, -0.2) is 0 Å². The van der Waals surface area contributed by atoms with Gasteiger partial charge in [-0.1, -0.05) is 0 Å². The molecule has 4 nitrogen and oxygen atoms in total. The molecule has 82 valence electrons. The summed E-state index contributed by atoms with van der Waals surface area (Å²) in [6.45, 7) is 7.34. The Labute approximate surface area is 84.8 Å². The first kappa shape index (κ1) is 10.4. The molecule has 2 saturated heterocycles. The summed E-state index contributed by atoms with van der Waals surface area (Å²) in [6, 6.07) is 0.466. The van der Waals surface area contributed by atoms with E-state index in [-0.39, 0.29) is 12.0 Å². The molecular weight excluding hydrogens is 182 g/mol. The van der Waals surface area contributed by atoms with Gasteiger partial charge in [0.25, 0.3) is 0 Å². The molecule has 2 aliphatic heterocycles. The first-order valence-corrected chi connectivity index (χ1v) is 5.26. The average molecular weight is 201 g/mol. The predicted molar refractivity (Wildman–Crippen MR) is 52.2 cm³/mol. The fourth-order valence-electron chi connectivity index (χ4n) is 2.05. The number of aliphatic hydroxyl groups is 1. The molecular formula is C10H19NO3. The highest BCUT2D eigenvalue weighted by atomic mass is 16.5. The van der Waals surface area contributed by atoms with Crippen LogP contribution in [0.15, 0.2) is 0 Å². The van der Waals surface area contributed by atoms with Crippen LogP contribution in [-0.2, 0) is 9.47 Å². The Morgan fingerprint density at radius 2 is 2.21 bits per heavy atom. The molecule has 0 bridgehead atoms. The Hall–Kier alpha value is -0.160. The van der Waals surface area contributed by atoms with E-state index in [4.69, 9.17) is 9.47 Å². The topological polar surface area (TPSA) is 41.9 Å². The molecule has 2 fully saturated rings. The Morgan fingerprint density at radius 1 is 1.43 bits per heavy atom. The van der Waals surface area contributed by atoms with E-state index in [1.54, 1.807) is 0 Å². The van der Waals surface area contributed by atoms with Crippen molar-refractivity contribution in [2.75, 3.05) is 46.1 Å². The second-order valence-corrected chi connectivity index (χ2v) is 4.55. The van der Waals surface area contributed by atoms with Gasteiger partial charge in [0.05, 0.1) is 38.4 Å². The highest BCUT2D eigenvalue weighted by molar-refractivity contribution is 4.89. The number of rotatable bonds is 3. The molecule has 4 heteroatoms. The minimum Gasteiger partial charge on any atom is -0.396 e. The van der Waals surface area contributed by atoms with E-state index in [9.17, 15) is 5.11 Å². The van der Waals surface area contributed by atoms with Crippen LogP contribution < -0.4 is 0 Å². The summed E-state index contributed by atoms with van der Waals surface area (Å²) in [5.74, 6) is 0. The van der Waals surface area contributed by atoms with Gasteiger partial charge in [-0.05, 0) is 6.92 Å². The third-order valence-electron chi connectivity index (χ3n) is 3.20. The molecule has 0 saturated carbocycles. The van der Waals surface area contributed by atoms with Crippen LogP contribution >= 0.6 is 0 Å². The lowest BCUT2D eigenvalue weighted by Crippen LogP contribution is -2.57. The van der Waals surface area contributed by atoms with Crippen molar-refractivity contribution in [2.45, 2.75) is 13.0 Å². The van der Waals surface area contributed by atoms with E-state index >= 15 is 0 Å². The molecule has 0 aromatic carbocycles. The number of ether oxygens (including phenoxy) is 2. The zero-order valence-electron chi connectivity index (χ0n) is 8.74. The van der Waals surface area contributed by atoms with E-state index in [2.05, 4.69) is 11.8 Å². The lowest BCUT2D eigenvalue weighted by Gasteiger charge is -2.45. The summed E-state index contributed by atoms with van der Waals surface area (Å²) in [7, 11) is 0. The maximum absolute atomic E-state index is 9.32. The lowest BCUT2D eigenvalue weighted by molar-refractivity contribution is -0.158. The fourth-order valence-corrected chi connectivity index (χ4v) is 2.05. The smallest absolute Gasteiger partial charge is 0.0619 e. The monoisotopic (exact) mass is 201 g/mol. The summed E-state index contributed by atoms with van der Waals surface area (Å²) in [6.07, 6.45) is 0. The summed E-state index contributed by atoms with van der Waals surface area (Å²) < 4.78 is 10.6. The van der Waals surface area contributed by atoms with Crippen molar-refractivity contribution in [3.8, 4) is 0 Å². The first-order chi connectivity index (χ1) is 6.76. The van der Waals surface area contributed by atoms with Gasteiger partial charge in [-0.15, -0.1) is 0 Å². The van der Waals surface area contributed by atoms with Crippen LogP contribution in [0.25, 0.3) is 0 Å². The van der Waals surface area contributed by atoms with E-state index in [0.717, 1.165) is 26.3 Å². The van der Waals surface area contributed by atoms with Gasteiger partial charge in [-0.2, -0.15) is 0 Å². The van der Waals surface area contributed by atoms with Crippen molar-refractivity contribution in [1.29, 1.82) is 0 Å². The summed E-state index contributed by atoms with van der Waals surface area (Å²) in [5, 5.41) is 9.32. The van der Waals surface area contributed by atoms with Crippen LogP contribution in [-0.4, -0.2) is 62.2 Å². The zero-order chi connectivity index (χ0) is 10.0. The molecule has 1 N–H and O–H groups in total. The molecule has 0 aliphatic carbocycles. The van der Waals surface area contributed by atoms with Crippen molar-refractivity contribution >= 4 is 0 Å². The van der Waals surface area contributed by atoms with Crippen molar-refractivity contribution < 1.29 is 14.6 Å². The molecule has 1 atom stereocenters. The van der Waals surface area contributed by atoms with Gasteiger partial charge in [0.15, 0.2) is 0 Å². The number of hydrogen-bond donors (Lipinski definition) is 1. The number of hydrogen-bond acceptors (Lipinski definition) is 4. The van der Waals surface area contributed by atoms with Gasteiger partial charge in [0.2, 0.25) is 0 Å². The van der Waals surface area contributed by atoms with E-state index in [0.29, 0.717) is 19.3 Å². The van der Waals surface area contributed by atoms with Crippen LogP contribution in [0.1, 0.15) is 6.92 Å². The van der Waals surface area contributed by atoms with Crippen LogP contribution in [0, 0.1) is 5.41 Å². The number of morpholine rings is 1. The number of nitrogens with zero attached hydrogens (tertiary/aromatic N) is 1. The molecule has 2 rings (SSSR count). The zero-order valence-corrected chi connectivity index (χ0v) is 8.74. The van der Waals surface area contributed by atoms with Crippen molar-refractivity contribution in [1.82, 2.24) is 4.90 Å². The Morgan fingerprint density at radius 3 is 2.71 bits per heavy atom. The normalized spacial score (nSPS) is 32.6. The summed E-state index contributed by atoms with van der Waals surface area (Å²) >= 11 is 0. The van der Waals surface area contributed by atoms with E-state index < -0.39 is 0 Å². The Balaban J connectivity index is 1.88. The number of aliphatic hydroxyl groups excluding tert-OH is 1. The van der Waals surface area contributed by atoms with E-state index in [1.165, 1.54) is 0 Å². The maximum atomic E-state index is 9.32. The highest BCUT2D eigenvalue weighted by Crippen LogP contribution is 2.29. The largest absolute Gasteiger partial charge is 0.396 e. The molecule has 0 radical (unpaired) electrons. The van der Waals surface area contributed by atoms with E-state index in [1.807, 2.05) is 0 Å². The Kier molecular flexibility index (Phi) is 3.07. The van der Waals surface area contributed by atoms with Gasteiger partial charge in [0, 0.05) is 19.1 Å². The SMILES string of the molecule is CC1COCCN1CC1(CO)COC1. The van der Waals surface area contributed by atoms with Crippen LogP contribution in [0.3, 0.4) is 0 Å². The molecule has 0 amide bonds. The highest BCUT2D eigenvalue weighted by Gasteiger charge is 2.40. The second kappa shape index (κ2) is 4.14. The van der Waals surface area contributed by atoms with Crippen LogP contribution in [0.2, 0.25) is 0 Å². The quantitative estimate of drug-likeness (QED) is 0.681. The third-order valence-corrected chi connectivity index (χ3v) is 3.20. The van der Waals surface area contributed by atoms with Gasteiger partial charge < -0.3 is 14.6 Å². The van der Waals surface area contributed by atoms with Crippen LogP contribution in [0.4, 0.5) is 0 Å². The summed E-state index contributed by atoms with van der Waals surface area (Å²) in [4.78, 5) is 2.39. The Bertz CT molecular complexity index is 188. The lowest BCUT2D eigenvalue weighted by atomic mass is 9.86. The molecule has 0 aromatic rings. The predicted octanol–water partition coefficient (Wildman–Crippen LogP) is -0.284. The van der Waals surface area contributed by atoms with Crippen LogP contribution in [0.5, 0.6) is 0 Å². The summed E-state index contributed by atoms with van der Waals surface area (Å²) in [5.41, 5.74) is 0.00556.